The van der Waals surface area contributed by atoms with Crippen LogP contribution in [0.1, 0.15) is 0 Å². The molecule has 1 heterocycles. The maximum Gasteiger partial charge on any atom is 0.230 e. The Kier molecular flexibility index (Phi) is 1.32. The molecule has 1 aromatic carbocycles. The van der Waals surface area contributed by atoms with E-state index in [0.717, 1.165) is 11.2 Å². The Morgan fingerprint density at radius 2 is 2.27 bits per heavy atom. The van der Waals surface area contributed by atoms with Crippen LogP contribution < -0.4 is 5.73 Å². The van der Waals surface area contributed by atoms with Crippen LogP contribution in [0.3, 0.4) is 0 Å². The molecule has 0 spiro atoms. The first-order valence-electron chi connectivity index (χ1n) is 3.36. The van der Waals surface area contributed by atoms with Crippen LogP contribution >= 0.6 is 10.5 Å². The Bertz CT molecular complexity index is 392. The number of rotatable bonds is 0. The van der Waals surface area contributed by atoms with Gasteiger partial charge in [0.2, 0.25) is 5.51 Å². The first-order chi connectivity index (χ1) is 5.27. The predicted octanol–water partition coefficient (Wildman–Crippen LogP) is 2.10. The van der Waals surface area contributed by atoms with Gasteiger partial charge in [0, 0.05) is 22.2 Å². The second-order valence-electron chi connectivity index (χ2n) is 2.52. The van der Waals surface area contributed by atoms with E-state index >= 15 is 0 Å². The number of nitrogens with zero attached hydrogens (tertiary/aromatic N) is 1. The highest BCUT2D eigenvalue weighted by molar-refractivity contribution is 7.33. The zero-order valence-electron chi connectivity index (χ0n) is 6.24. The third-order valence-corrected chi connectivity index (χ3v) is 3.14. The molecule has 2 nitrogen and oxygen atoms in total. The summed E-state index contributed by atoms with van der Waals surface area (Å²) in [6.45, 7) is 0. The van der Waals surface area contributed by atoms with Gasteiger partial charge >= 0.3 is 0 Å². The van der Waals surface area contributed by atoms with E-state index in [1.165, 1.54) is 4.70 Å². The third-order valence-electron chi connectivity index (χ3n) is 1.68. The van der Waals surface area contributed by atoms with Crippen LogP contribution in [-0.4, -0.2) is 4.98 Å². The number of hydrogen-bond donors (Lipinski definition) is 1. The van der Waals surface area contributed by atoms with Crippen molar-refractivity contribution < 1.29 is 0 Å². The van der Waals surface area contributed by atoms with Crippen molar-refractivity contribution in [3.05, 3.63) is 23.7 Å². The first kappa shape index (κ1) is 6.61. The number of fused-ring (bicyclic) bond motifs is 1. The standard InChI is InChI=1S/C8H9N2S/c1-11-5-10-7-4-6(9)2-3-8(7)11/h2-5H,9H2,1H3/q+1. The predicted molar refractivity (Wildman–Crippen MR) is 49.6 cm³/mol. The summed E-state index contributed by atoms with van der Waals surface area (Å²) in [4.78, 5) is 4.25. The van der Waals surface area contributed by atoms with Crippen LogP contribution in [0.5, 0.6) is 0 Å². The molecule has 0 amide bonds. The summed E-state index contributed by atoms with van der Waals surface area (Å²) in [5.74, 6) is 0. The van der Waals surface area contributed by atoms with Crippen LogP contribution in [0.2, 0.25) is 0 Å². The van der Waals surface area contributed by atoms with E-state index < -0.39 is 0 Å². The summed E-state index contributed by atoms with van der Waals surface area (Å²) < 4.78 is 1.30. The molecule has 0 aliphatic carbocycles. The molecule has 2 rings (SSSR count). The molecule has 3 heteroatoms. The van der Waals surface area contributed by atoms with Crippen molar-refractivity contribution in [2.24, 2.45) is 6.26 Å². The lowest BCUT2D eigenvalue weighted by atomic mass is 10.3. The van der Waals surface area contributed by atoms with E-state index in [4.69, 9.17) is 5.73 Å². The molecule has 56 valence electrons. The number of aryl methyl sites for hydroxylation is 1. The van der Waals surface area contributed by atoms with Gasteiger partial charge in [-0.15, -0.1) is 0 Å². The zero-order chi connectivity index (χ0) is 7.84. The van der Waals surface area contributed by atoms with Gasteiger partial charge in [0.25, 0.3) is 0 Å². The van der Waals surface area contributed by atoms with Crippen LogP contribution in [-0.2, 0) is 6.26 Å². The molecule has 0 saturated heterocycles. The SMILES string of the molecule is C[s+]1cnc2cc(N)ccc21. The number of anilines is 1. The number of nitrogen functional groups attached to an aromatic ring is 1. The number of nitrogens with two attached hydrogens (primary N) is 1. The number of aromatic nitrogens is 1. The highest BCUT2D eigenvalue weighted by atomic mass is 32.2. The topological polar surface area (TPSA) is 38.9 Å². The average Bonchev–Trinajstić information content (AvgIpc) is 2.32. The second-order valence-corrected chi connectivity index (χ2v) is 4.29. The van der Waals surface area contributed by atoms with Gasteiger partial charge < -0.3 is 5.73 Å². The molecule has 0 saturated carbocycles. The molecular formula is C8H9N2S+. The second kappa shape index (κ2) is 2.20. The summed E-state index contributed by atoms with van der Waals surface area (Å²) in [7, 11) is 0.197. The van der Waals surface area contributed by atoms with Crippen molar-refractivity contribution in [1.82, 2.24) is 4.98 Å². The van der Waals surface area contributed by atoms with Crippen LogP contribution in [0.4, 0.5) is 5.69 Å². The van der Waals surface area contributed by atoms with Crippen molar-refractivity contribution in [3.8, 4) is 0 Å². The molecule has 1 aromatic heterocycles. The van der Waals surface area contributed by atoms with Gasteiger partial charge in [-0.1, -0.05) is 0 Å². The Hall–Kier alpha value is -1.09. The largest absolute Gasteiger partial charge is 0.399 e. The highest BCUT2D eigenvalue weighted by Gasteiger charge is 2.07. The number of thiazole rings is 1. The highest BCUT2D eigenvalue weighted by Crippen LogP contribution is 2.27. The Morgan fingerprint density at radius 3 is 3.09 bits per heavy atom. The van der Waals surface area contributed by atoms with Crippen molar-refractivity contribution >= 4 is 26.4 Å². The Labute approximate surface area is 67.6 Å². The maximum absolute atomic E-state index is 5.61. The van der Waals surface area contributed by atoms with Crippen molar-refractivity contribution in [2.75, 3.05) is 5.73 Å². The molecule has 0 bridgehead atoms. The van der Waals surface area contributed by atoms with Gasteiger partial charge in [0.15, 0.2) is 4.70 Å². The molecule has 2 aromatic rings. The van der Waals surface area contributed by atoms with Crippen LogP contribution in [0.25, 0.3) is 10.2 Å². The fourth-order valence-electron chi connectivity index (χ4n) is 1.10. The van der Waals surface area contributed by atoms with Gasteiger partial charge in [-0.25, -0.2) is 0 Å². The van der Waals surface area contributed by atoms with E-state index in [0.29, 0.717) is 0 Å². The lowest BCUT2D eigenvalue weighted by molar-refractivity contribution is 1.50. The Morgan fingerprint density at radius 1 is 1.45 bits per heavy atom. The van der Waals surface area contributed by atoms with E-state index in [1.807, 2.05) is 17.6 Å². The fourth-order valence-corrected chi connectivity index (χ4v) is 2.21. The van der Waals surface area contributed by atoms with Gasteiger partial charge in [0.05, 0.1) is 0 Å². The molecule has 1 atom stereocenters. The van der Waals surface area contributed by atoms with Gasteiger partial charge in [-0.3, -0.25) is 0 Å². The lowest BCUT2D eigenvalue weighted by Gasteiger charge is -1.87. The Balaban J connectivity index is 2.86. The molecule has 11 heavy (non-hydrogen) atoms. The number of benzene rings is 1. The van der Waals surface area contributed by atoms with Crippen molar-refractivity contribution in [2.45, 2.75) is 0 Å². The summed E-state index contributed by atoms with van der Waals surface area (Å²) in [5, 5.41) is 0. The summed E-state index contributed by atoms with van der Waals surface area (Å²) in [6, 6.07) is 5.90. The molecule has 0 fully saturated rings. The monoisotopic (exact) mass is 165 g/mol. The molecule has 0 aliphatic rings. The van der Waals surface area contributed by atoms with Crippen molar-refractivity contribution in [1.29, 1.82) is 0 Å². The molecular weight excluding hydrogens is 156 g/mol. The summed E-state index contributed by atoms with van der Waals surface area (Å²) in [5.41, 5.74) is 9.41. The van der Waals surface area contributed by atoms with Gasteiger partial charge in [0.1, 0.15) is 11.8 Å². The van der Waals surface area contributed by atoms with E-state index in [1.54, 1.807) is 0 Å². The molecule has 1 unspecified atom stereocenters. The first-order valence-corrected chi connectivity index (χ1v) is 5.05. The van der Waals surface area contributed by atoms with E-state index in [-0.39, 0.29) is 10.5 Å². The average molecular weight is 165 g/mol. The van der Waals surface area contributed by atoms with Gasteiger partial charge in [-0.05, 0) is 12.1 Å². The van der Waals surface area contributed by atoms with Crippen molar-refractivity contribution in [3.63, 3.8) is 0 Å². The van der Waals surface area contributed by atoms with Crippen LogP contribution in [0.15, 0.2) is 23.7 Å². The summed E-state index contributed by atoms with van der Waals surface area (Å²) in [6.07, 6.45) is 2.16. The minimum Gasteiger partial charge on any atom is -0.399 e. The summed E-state index contributed by atoms with van der Waals surface area (Å²) >= 11 is 0. The number of hydrogen-bond acceptors (Lipinski definition) is 2. The lowest BCUT2D eigenvalue weighted by Crippen LogP contribution is -1.81. The molecule has 2 N–H and O–H groups in total. The third kappa shape index (κ3) is 0.973. The molecule has 0 aliphatic heterocycles. The normalized spacial score (nSPS) is 12.3. The quantitative estimate of drug-likeness (QED) is 0.479. The van der Waals surface area contributed by atoms with E-state index in [2.05, 4.69) is 17.3 Å². The minimum absolute atomic E-state index is 0.197. The smallest absolute Gasteiger partial charge is 0.230 e. The minimum atomic E-state index is 0.197. The maximum atomic E-state index is 5.61. The zero-order valence-corrected chi connectivity index (χ0v) is 7.06. The fraction of sp³-hybridized carbons (Fsp3) is 0.125. The molecule has 0 radical (unpaired) electrons. The van der Waals surface area contributed by atoms with Crippen LogP contribution in [0, 0.1) is 0 Å². The van der Waals surface area contributed by atoms with E-state index in [9.17, 15) is 0 Å². The van der Waals surface area contributed by atoms with Gasteiger partial charge in [-0.2, -0.15) is 4.98 Å².